The van der Waals surface area contributed by atoms with Gasteiger partial charge < -0.3 is 9.05 Å². The first-order chi connectivity index (χ1) is 9.09. The SMILES string of the molecule is CCOP(=O)(/C=C(/C)CCc1ccccc1)OCC. The zero-order valence-electron chi connectivity index (χ0n) is 12.0. The molecule has 0 saturated carbocycles. The smallest absolute Gasteiger partial charge is 0.306 e. The lowest BCUT2D eigenvalue weighted by molar-refractivity contribution is 0.228. The summed E-state index contributed by atoms with van der Waals surface area (Å²) in [6, 6.07) is 10.2. The Bertz CT molecular complexity index is 430. The Morgan fingerprint density at radius 3 is 2.26 bits per heavy atom. The average molecular weight is 282 g/mol. The summed E-state index contributed by atoms with van der Waals surface area (Å²) < 4.78 is 22.8. The van der Waals surface area contributed by atoms with Crippen LogP contribution in [0.25, 0.3) is 0 Å². The van der Waals surface area contributed by atoms with Crippen LogP contribution in [0.4, 0.5) is 0 Å². The van der Waals surface area contributed by atoms with E-state index in [4.69, 9.17) is 9.05 Å². The van der Waals surface area contributed by atoms with Crippen LogP contribution in [0.1, 0.15) is 32.8 Å². The molecule has 0 aliphatic carbocycles. The van der Waals surface area contributed by atoms with E-state index in [1.165, 1.54) is 5.56 Å². The lowest BCUT2D eigenvalue weighted by atomic mass is 10.1. The van der Waals surface area contributed by atoms with Crippen LogP contribution in [-0.4, -0.2) is 13.2 Å². The van der Waals surface area contributed by atoms with E-state index in [1.807, 2.05) is 39.0 Å². The summed E-state index contributed by atoms with van der Waals surface area (Å²) in [6.07, 6.45) is 1.79. The number of benzene rings is 1. The summed E-state index contributed by atoms with van der Waals surface area (Å²) in [6.45, 7) is 6.38. The minimum Gasteiger partial charge on any atom is -0.306 e. The van der Waals surface area contributed by atoms with Crippen molar-refractivity contribution in [3.8, 4) is 0 Å². The highest BCUT2D eigenvalue weighted by Gasteiger charge is 2.19. The zero-order chi connectivity index (χ0) is 14.1. The molecule has 0 radical (unpaired) electrons. The Morgan fingerprint density at radius 2 is 1.74 bits per heavy atom. The molecule has 0 aliphatic rings. The molecule has 0 bridgehead atoms. The standard InChI is InChI=1S/C15H23O3P/c1-4-17-19(16,18-5-2)13-14(3)11-12-15-9-7-6-8-10-15/h6-10,13H,4-5,11-12H2,1-3H3/b14-13-. The van der Waals surface area contributed by atoms with Gasteiger partial charge in [-0.2, -0.15) is 0 Å². The van der Waals surface area contributed by atoms with Crippen LogP contribution >= 0.6 is 7.60 Å². The topological polar surface area (TPSA) is 35.5 Å². The highest BCUT2D eigenvalue weighted by atomic mass is 31.2. The molecule has 19 heavy (non-hydrogen) atoms. The first kappa shape index (κ1) is 16.2. The van der Waals surface area contributed by atoms with Crippen molar-refractivity contribution in [3.05, 3.63) is 47.3 Å². The third-order valence-corrected chi connectivity index (χ3v) is 4.64. The molecule has 0 N–H and O–H groups in total. The second kappa shape index (κ2) is 8.31. The maximum Gasteiger partial charge on any atom is 0.354 e. The van der Waals surface area contributed by atoms with Crippen LogP contribution in [0.15, 0.2) is 41.7 Å². The summed E-state index contributed by atoms with van der Waals surface area (Å²) >= 11 is 0. The van der Waals surface area contributed by atoms with Gasteiger partial charge >= 0.3 is 7.60 Å². The molecular formula is C15H23O3P. The van der Waals surface area contributed by atoms with Gasteiger partial charge in [0.05, 0.1) is 13.2 Å². The first-order valence-electron chi connectivity index (χ1n) is 6.70. The number of hydrogen-bond acceptors (Lipinski definition) is 3. The third-order valence-electron chi connectivity index (χ3n) is 2.65. The van der Waals surface area contributed by atoms with Gasteiger partial charge in [0.25, 0.3) is 0 Å². The van der Waals surface area contributed by atoms with Gasteiger partial charge in [0.2, 0.25) is 0 Å². The maximum absolute atomic E-state index is 12.3. The minimum absolute atomic E-state index is 0.389. The van der Waals surface area contributed by atoms with E-state index in [1.54, 1.807) is 5.82 Å². The molecule has 0 fully saturated rings. The van der Waals surface area contributed by atoms with Crippen molar-refractivity contribution in [2.45, 2.75) is 33.6 Å². The molecule has 0 heterocycles. The van der Waals surface area contributed by atoms with E-state index in [-0.39, 0.29) is 0 Å². The van der Waals surface area contributed by atoms with Crippen molar-refractivity contribution in [2.24, 2.45) is 0 Å². The Hall–Kier alpha value is -0.890. The van der Waals surface area contributed by atoms with E-state index in [0.29, 0.717) is 13.2 Å². The number of hydrogen-bond donors (Lipinski definition) is 0. The fraction of sp³-hybridized carbons (Fsp3) is 0.467. The molecule has 1 rings (SSSR count). The van der Waals surface area contributed by atoms with Gasteiger partial charge in [-0.05, 0) is 39.2 Å². The summed E-state index contributed by atoms with van der Waals surface area (Å²) in [5.41, 5.74) is 2.31. The van der Waals surface area contributed by atoms with Crippen molar-refractivity contribution in [1.82, 2.24) is 0 Å². The van der Waals surface area contributed by atoms with Crippen molar-refractivity contribution in [1.29, 1.82) is 0 Å². The van der Waals surface area contributed by atoms with E-state index in [2.05, 4.69) is 12.1 Å². The van der Waals surface area contributed by atoms with Gasteiger partial charge in [-0.3, -0.25) is 4.57 Å². The summed E-state index contributed by atoms with van der Waals surface area (Å²) in [5.74, 6) is 1.66. The predicted molar refractivity (Wildman–Crippen MR) is 79.4 cm³/mol. The molecule has 1 aromatic rings. The molecule has 0 amide bonds. The fourth-order valence-corrected chi connectivity index (χ4v) is 3.40. The molecule has 0 spiro atoms. The van der Waals surface area contributed by atoms with Gasteiger partial charge in [-0.15, -0.1) is 0 Å². The van der Waals surface area contributed by atoms with E-state index >= 15 is 0 Å². The zero-order valence-corrected chi connectivity index (χ0v) is 12.9. The van der Waals surface area contributed by atoms with Crippen LogP contribution in [0.2, 0.25) is 0 Å². The predicted octanol–water partition coefficient (Wildman–Crippen LogP) is 4.79. The number of allylic oxidation sites excluding steroid dienone is 1. The molecule has 0 aromatic heterocycles. The minimum atomic E-state index is -3.06. The van der Waals surface area contributed by atoms with Crippen LogP contribution < -0.4 is 0 Å². The maximum atomic E-state index is 12.3. The molecule has 0 atom stereocenters. The van der Waals surface area contributed by atoms with Crippen molar-refractivity contribution in [2.75, 3.05) is 13.2 Å². The second-order valence-corrected chi connectivity index (χ2v) is 6.19. The largest absolute Gasteiger partial charge is 0.354 e. The third kappa shape index (κ3) is 6.20. The number of aryl methyl sites for hydroxylation is 1. The highest BCUT2D eigenvalue weighted by molar-refractivity contribution is 7.57. The summed E-state index contributed by atoms with van der Waals surface area (Å²) in [7, 11) is -3.06. The molecule has 1 aromatic carbocycles. The normalized spacial score (nSPS) is 12.7. The molecule has 0 saturated heterocycles. The van der Waals surface area contributed by atoms with Crippen LogP contribution in [-0.2, 0) is 20.0 Å². The fourth-order valence-electron chi connectivity index (χ4n) is 1.79. The molecular weight excluding hydrogens is 259 g/mol. The van der Waals surface area contributed by atoms with Crippen LogP contribution in [0.3, 0.4) is 0 Å². The highest BCUT2D eigenvalue weighted by Crippen LogP contribution is 2.50. The lowest BCUT2D eigenvalue weighted by Crippen LogP contribution is -1.94. The molecule has 0 aliphatic heterocycles. The second-order valence-electron chi connectivity index (χ2n) is 4.34. The van der Waals surface area contributed by atoms with Gasteiger partial charge in [-0.25, -0.2) is 0 Å². The first-order valence-corrected chi connectivity index (χ1v) is 8.32. The summed E-state index contributed by atoms with van der Waals surface area (Å²) in [4.78, 5) is 0. The van der Waals surface area contributed by atoms with E-state index in [9.17, 15) is 4.57 Å². The van der Waals surface area contributed by atoms with Gasteiger partial charge in [-0.1, -0.05) is 35.9 Å². The molecule has 106 valence electrons. The Morgan fingerprint density at radius 1 is 1.16 bits per heavy atom. The van der Waals surface area contributed by atoms with Crippen molar-refractivity contribution >= 4 is 7.60 Å². The average Bonchev–Trinajstić information content (AvgIpc) is 2.38. The van der Waals surface area contributed by atoms with Gasteiger partial charge in [0.1, 0.15) is 0 Å². The summed E-state index contributed by atoms with van der Waals surface area (Å²) in [5, 5.41) is 0. The lowest BCUT2D eigenvalue weighted by Gasteiger charge is -2.14. The number of rotatable bonds is 8. The monoisotopic (exact) mass is 282 g/mol. The Balaban J connectivity index is 2.61. The van der Waals surface area contributed by atoms with Crippen molar-refractivity contribution < 1.29 is 13.6 Å². The molecule has 4 heteroatoms. The molecule has 3 nitrogen and oxygen atoms in total. The van der Waals surface area contributed by atoms with Gasteiger partial charge in [0.15, 0.2) is 0 Å². The quantitative estimate of drug-likeness (QED) is 0.643. The van der Waals surface area contributed by atoms with Crippen molar-refractivity contribution in [3.63, 3.8) is 0 Å². The molecule has 0 unspecified atom stereocenters. The Kier molecular flexibility index (Phi) is 7.07. The van der Waals surface area contributed by atoms with Crippen LogP contribution in [0, 0.1) is 0 Å². The van der Waals surface area contributed by atoms with Crippen LogP contribution in [0.5, 0.6) is 0 Å². The van der Waals surface area contributed by atoms with Gasteiger partial charge in [0, 0.05) is 5.82 Å². The van der Waals surface area contributed by atoms with E-state index < -0.39 is 7.60 Å². The van der Waals surface area contributed by atoms with E-state index in [0.717, 1.165) is 18.4 Å². The Labute approximate surface area is 116 Å².